The summed E-state index contributed by atoms with van der Waals surface area (Å²) in [7, 11) is 2.20. The normalized spacial score (nSPS) is 24.2. The van der Waals surface area contributed by atoms with Gasteiger partial charge in [0, 0.05) is 26.2 Å². The zero-order valence-electron chi connectivity index (χ0n) is 8.42. The summed E-state index contributed by atoms with van der Waals surface area (Å²) < 4.78 is 0. The van der Waals surface area contributed by atoms with E-state index >= 15 is 0 Å². The Morgan fingerprint density at radius 1 is 1.25 bits per heavy atom. The summed E-state index contributed by atoms with van der Waals surface area (Å²) in [5.41, 5.74) is 0. The Kier molecular flexibility index (Phi) is 4.40. The quantitative estimate of drug-likeness (QED) is 0.660. The summed E-state index contributed by atoms with van der Waals surface area (Å²) >= 11 is 2.05. The number of thioether (sulfide) groups is 1. The van der Waals surface area contributed by atoms with E-state index in [-0.39, 0.29) is 0 Å². The summed E-state index contributed by atoms with van der Waals surface area (Å²) in [5, 5.41) is 0.712. The van der Waals surface area contributed by atoms with Crippen LogP contribution in [0.3, 0.4) is 0 Å². The third kappa shape index (κ3) is 2.96. The van der Waals surface area contributed by atoms with Gasteiger partial charge < -0.3 is 4.90 Å². The summed E-state index contributed by atoms with van der Waals surface area (Å²) in [6.07, 6.45) is 0. The van der Waals surface area contributed by atoms with Crippen molar-refractivity contribution in [2.75, 3.05) is 39.0 Å². The van der Waals surface area contributed by atoms with E-state index in [2.05, 4.69) is 30.7 Å². The van der Waals surface area contributed by atoms with Crippen molar-refractivity contribution in [3.05, 3.63) is 0 Å². The molecule has 0 amide bonds. The van der Waals surface area contributed by atoms with Gasteiger partial charge in [0.1, 0.15) is 0 Å². The number of rotatable bonds is 3. The van der Waals surface area contributed by atoms with Crippen LogP contribution in [-0.4, -0.2) is 54.2 Å². The topological polar surface area (TPSA) is 6.48 Å². The summed E-state index contributed by atoms with van der Waals surface area (Å²) in [6, 6.07) is 0. The highest BCUT2D eigenvalue weighted by Crippen LogP contribution is 2.15. The van der Waals surface area contributed by atoms with Gasteiger partial charge in [-0.1, -0.05) is 6.92 Å². The molecule has 0 aromatic rings. The second kappa shape index (κ2) is 5.10. The molecule has 0 N–H and O–H groups in total. The van der Waals surface area contributed by atoms with E-state index in [9.17, 15) is 0 Å². The van der Waals surface area contributed by atoms with Crippen molar-refractivity contribution < 1.29 is 0 Å². The van der Waals surface area contributed by atoms with Crippen molar-refractivity contribution in [3.63, 3.8) is 0 Å². The van der Waals surface area contributed by atoms with E-state index < -0.39 is 0 Å². The van der Waals surface area contributed by atoms with Crippen molar-refractivity contribution in [2.45, 2.75) is 19.2 Å². The van der Waals surface area contributed by atoms with E-state index in [1.807, 2.05) is 11.8 Å². The Hall–Kier alpha value is 0.270. The first-order valence-corrected chi connectivity index (χ1v) is 5.83. The lowest BCUT2D eigenvalue weighted by atomic mass is 10.3. The summed E-state index contributed by atoms with van der Waals surface area (Å²) in [5.74, 6) is 1.23. The molecule has 72 valence electrons. The largest absolute Gasteiger partial charge is 0.304 e. The first-order chi connectivity index (χ1) is 5.74. The molecule has 1 aliphatic heterocycles. The number of nitrogens with zero attached hydrogens (tertiary/aromatic N) is 2. The number of hydrogen-bond acceptors (Lipinski definition) is 3. The van der Waals surface area contributed by atoms with Crippen LogP contribution in [0.25, 0.3) is 0 Å². The highest BCUT2D eigenvalue weighted by atomic mass is 32.2. The predicted molar refractivity (Wildman–Crippen MR) is 56.7 cm³/mol. The summed E-state index contributed by atoms with van der Waals surface area (Å²) in [4.78, 5) is 4.98. The van der Waals surface area contributed by atoms with E-state index in [4.69, 9.17) is 0 Å². The molecule has 0 spiro atoms. The predicted octanol–water partition coefficient (Wildman–Crippen LogP) is 1.33. The van der Waals surface area contributed by atoms with Crippen molar-refractivity contribution in [1.29, 1.82) is 0 Å². The minimum atomic E-state index is 0.712. The molecular formula is C9H20N2S. The molecular weight excluding hydrogens is 168 g/mol. The van der Waals surface area contributed by atoms with Gasteiger partial charge in [0.2, 0.25) is 0 Å². The number of hydrogen-bond donors (Lipinski definition) is 0. The molecule has 0 radical (unpaired) electrons. The Labute approximate surface area is 80.3 Å². The van der Waals surface area contributed by atoms with Crippen molar-refractivity contribution >= 4 is 11.8 Å². The standard InChI is InChI=1S/C9H20N2S/c1-4-12-9(2)11-7-5-10(3)6-8-11/h9H,4-8H2,1-3H3. The molecule has 1 unspecified atom stereocenters. The minimum absolute atomic E-state index is 0.712. The second-order valence-electron chi connectivity index (χ2n) is 3.39. The van der Waals surface area contributed by atoms with Crippen LogP contribution >= 0.6 is 11.8 Å². The van der Waals surface area contributed by atoms with Crippen molar-refractivity contribution in [3.8, 4) is 0 Å². The van der Waals surface area contributed by atoms with Crippen molar-refractivity contribution in [1.82, 2.24) is 9.80 Å². The average Bonchev–Trinajstić information content (AvgIpc) is 2.06. The van der Waals surface area contributed by atoms with E-state index in [0.717, 1.165) is 0 Å². The monoisotopic (exact) mass is 188 g/mol. The van der Waals surface area contributed by atoms with Gasteiger partial charge in [-0.05, 0) is 19.7 Å². The molecule has 12 heavy (non-hydrogen) atoms. The number of likely N-dealkylation sites (N-methyl/N-ethyl adjacent to an activating group) is 1. The van der Waals surface area contributed by atoms with Gasteiger partial charge >= 0.3 is 0 Å². The van der Waals surface area contributed by atoms with Gasteiger partial charge in [-0.15, -0.1) is 11.8 Å². The maximum Gasteiger partial charge on any atom is 0.0529 e. The first kappa shape index (κ1) is 10.4. The van der Waals surface area contributed by atoms with Crippen LogP contribution < -0.4 is 0 Å². The first-order valence-electron chi connectivity index (χ1n) is 4.78. The van der Waals surface area contributed by atoms with Gasteiger partial charge in [0.15, 0.2) is 0 Å². The molecule has 1 aliphatic rings. The van der Waals surface area contributed by atoms with Gasteiger partial charge in [-0.2, -0.15) is 0 Å². The zero-order valence-corrected chi connectivity index (χ0v) is 9.23. The lowest BCUT2D eigenvalue weighted by Crippen LogP contribution is -2.47. The van der Waals surface area contributed by atoms with Crippen LogP contribution in [0, 0.1) is 0 Å². The molecule has 1 atom stereocenters. The van der Waals surface area contributed by atoms with Crippen LogP contribution in [-0.2, 0) is 0 Å². The fourth-order valence-electron chi connectivity index (χ4n) is 1.53. The molecule has 0 bridgehead atoms. The van der Waals surface area contributed by atoms with Crippen molar-refractivity contribution in [2.24, 2.45) is 0 Å². The smallest absolute Gasteiger partial charge is 0.0529 e. The molecule has 1 saturated heterocycles. The van der Waals surface area contributed by atoms with Crippen LogP contribution in [0.15, 0.2) is 0 Å². The van der Waals surface area contributed by atoms with Gasteiger partial charge in [0.05, 0.1) is 5.37 Å². The highest BCUT2D eigenvalue weighted by molar-refractivity contribution is 7.99. The fraction of sp³-hybridized carbons (Fsp3) is 1.00. The zero-order chi connectivity index (χ0) is 8.97. The Balaban J connectivity index is 2.24. The number of piperazine rings is 1. The average molecular weight is 188 g/mol. The SMILES string of the molecule is CCSC(C)N1CCN(C)CC1. The fourth-order valence-corrected chi connectivity index (χ4v) is 2.44. The third-order valence-electron chi connectivity index (χ3n) is 2.46. The lowest BCUT2D eigenvalue weighted by molar-refractivity contribution is 0.149. The van der Waals surface area contributed by atoms with E-state index in [1.54, 1.807) is 0 Å². The van der Waals surface area contributed by atoms with Gasteiger partial charge in [0.25, 0.3) is 0 Å². The minimum Gasteiger partial charge on any atom is -0.304 e. The van der Waals surface area contributed by atoms with Gasteiger partial charge in [-0.3, -0.25) is 4.90 Å². The van der Waals surface area contributed by atoms with Crippen LogP contribution in [0.5, 0.6) is 0 Å². The molecule has 3 heteroatoms. The Morgan fingerprint density at radius 2 is 1.83 bits per heavy atom. The molecule has 0 saturated carbocycles. The highest BCUT2D eigenvalue weighted by Gasteiger charge is 2.18. The van der Waals surface area contributed by atoms with Gasteiger partial charge in [-0.25, -0.2) is 0 Å². The molecule has 0 aromatic carbocycles. The van der Waals surface area contributed by atoms with Crippen LogP contribution in [0.4, 0.5) is 0 Å². The van der Waals surface area contributed by atoms with E-state index in [0.29, 0.717) is 5.37 Å². The molecule has 1 heterocycles. The van der Waals surface area contributed by atoms with Crippen LogP contribution in [0.2, 0.25) is 0 Å². The maximum absolute atomic E-state index is 2.58. The molecule has 0 aromatic heterocycles. The Morgan fingerprint density at radius 3 is 2.33 bits per heavy atom. The van der Waals surface area contributed by atoms with Crippen LogP contribution in [0.1, 0.15) is 13.8 Å². The Bertz CT molecular complexity index is 122. The second-order valence-corrected chi connectivity index (χ2v) is 4.99. The molecule has 0 aliphatic carbocycles. The maximum atomic E-state index is 2.58. The van der Waals surface area contributed by atoms with E-state index in [1.165, 1.54) is 31.9 Å². The molecule has 2 nitrogen and oxygen atoms in total. The molecule has 1 fully saturated rings. The molecule has 1 rings (SSSR count). The third-order valence-corrected chi connectivity index (χ3v) is 3.57. The summed E-state index contributed by atoms with van der Waals surface area (Å²) in [6.45, 7) is 9.50. The lowest BCUT2D eigenvalue weighted by Gasteiger charge is -2.35.